The van der Waals surface area contributed by atoms with Crippen LogP contribution in [0.15, 0.2) is 24.3 Å². The fourth-order valence-electron chi connectivity index (χ4n) is 1.08. The largest absolute Gasteiger partial charge is 0.441 e. The van der Waals surface area contributed by atoms with E-state index in [1.807, 2.05) is 38.1 Å². The number of hydrogen-bond acceptors (Lipinski definition) is 3. The number of benzene rings is 1. The summed E-state index contributed by atoms with van der Waals surface area (Å²) >= 11 is 0. The molecule has 0 aliphatic rings. The van der Waals surface area contributed by atoms with Gasteiger partial charge in [-0.05, 0) is 25.5 Å². The fourth-order valence-corrected chi connectivity index (χ4v) is 1.08. The molecule has 14 heavy (non-hydrogen) atoms. The van der Waals surface area contributed by atoms with E-state index >= 15 is 0 Å². The summed E-state index contributed by atoms with van der Waals surface area (Å²) < 4.78 is 15.7. The molecule has 0 spiro atoms. The fraction of sp³-hybridized carbons (Fsp3) is 0.455. The van der Waals surface area contributed by atoms with Gasteiger partial charge in [0, 0.05) is 7.11 Å². The number of hydrogen-bond donors (Lipinski definition) is 0. The van der Waals surface area contributed by atoms with E-state index in [9.17, 15) is 0 Å². The molecular formula is C11H16O3. The lowest BCUT2D eigenvalue weighted by Gasteiger charge is -2.17. The molecule has 0 aromatic heterocycles. The number of aryl methyl sites for hydroxylation is 1. The Morgan fingerprint density at radius 1 is 1.29 bits per heavy atom. The van der Waals surface area contributed by atoms with Crippen molar-refractivity contribution in [1.29, 1.82) is 0 Å². The van der Waals surface area contributed by atoms with Gasteiger partial charge in [0.25, 0.3) is 0 Å². The van der Waals surface area contributed by atoms with Crippen molar-refractivity contribution in [3.05, 3.63) is 29.8 Å². The Hall–Kier alpha value is -1.06. The van der Waals surface area contributed by atoms with Crippen molar-refractivity contribution in [3.8, 4) is 5.75 Å². The second-order valence-corrected chi connectivity index (χ2v) is 2.86. The second kappa shape index (κ2) is 5.62. The molecule has 1 aromatic carbocycles. The molecule has 0 radical (unpaired) electrons. The second-order valence-electron chi connectivity index (χ2n) is 2.86. The highest BCUT2D eigenvalue weighted by Gasteiger charge is 2.08. The van der Waals surface area contributed by atoms with Crippen molar-refractivity contribution in [1.82, 2.24) is 0 Å². The maximum atomic E-state index is 5.49. The third-order valence-corrected chi connectivity index (χ3v) is 1.81. The number of methoxy groups -OCH3 is 1. The van der Waals surface area contributed by atoms with Crippen LogP contribution in [0.25, 0.3) is 0 Å². The first-order valence-electron chi connectivity index (χ1n) is 4.64. The van der Waals surface area contributed by atoms with Crippen LogP contribution in [-0.2, 0) is 9.47 Å². The molecule has 1 atom stereocenters. The van der Waals surface area contributed by atoms with Crippen LogP contribution in [0.1, 0.15) is 12.5 Å². The molecule has 0 bridgehead atoms. The highest BCUT2D eigenvalue weighted by Crippen LogP contribution is 2.18. The normalized spacial score (nSPS) is 12.5. The summed E-state index contributed by atoms with van der Waals surface area (Å²) in [6, 6.07) is 7.75. The highest BCUT2D eigenvalue weighted by atomic mass is 16.8. The van der Waals surface area contributed by atoms with E-state index < -0.39 is 6.48 Å². The van der Waals surface area contributed by atoms with Crippen molar-refractivity contribution < 1.29 is 14.2 Å². The third kappa shape index (κ3) is 3.01. The molecule has 0 aliphatic heterocycles. The monoisotopic (exact) mass is 196 g/mol. The van der Waals surface area contributed by atoms with Crippen LogP contribution in [0.5, 0.6) is 5.75 Å². The summed E-state index contributed by atoms with van der Waals surface area (Å²) in [4.78, 5) is 0. The minimum atomic E-state index is -0.624. The molecule has 1 rings (SSSR count). The molecule has 1 aromatic rings. The summed E-state index contributed by atoms with van der Waals surface area (Å²) in [5.74, 6) is 0.785. The van der Waals surface area contributed by atoms with E-state index in [2.05, 4.69) is 0 Å². The maximum Gasteiger partial charge on any atom is 0.315 e. The van der Waals surface area contributed by atoms with Gasteiger partial charge in [-0.25, -0.2) is 0 Å². The van der Waals surface area contributed by atoms with E-state index in [-0.39, 0.29) is 0 Å². The molecule has 3 nitrogen and oxygen atoms in total. The van der Waals surface area contributed by atoms with Gasteiger partial charge in [-0.2, -0.15) is 0 Å². The van der Waals surface area contributed by atoms with Gasteiger partial charge in [0.2, 0.25) is 0 Å². The van der Waals surface area contributed by atoms with Crippen LogP contribution in [0.2, 0.25) is 0 Å². The minimum absolute atomic E-state index is 0.560. The number of ether oxygens (including phenoxy) is 3. The standard InChI is InChI=1S/C11H16O3/c1-4-13-11(12-3)14-10-8-6-5-7-9(10)2/h5-8,11H,4H2,1-3H3. The Morgan fingerprint density at radius 2 is 2.00 bits per heavy atom. The molecule has 3 heteroatoms. The molecule has 0 fully saturated rings. The lowest BCUT2D eigenvalue weighted by molar-refractivity contribution is -0.231. The summed E-state index contributed by atoms with van der Waals surface area (Å²) in [6.07, 6.45) is 0. The topological polar surface area (TPSA) is 27.7 Å². The van der Waals surface area contributed by atoms with Crippen LogP contribution in [0.3, 0.4) is 0 Å². The van der Waals surface area contributed by atoms with Crippen LogP contribution >= 0.6 is 0 Å². The van der Waals surface area contributed by atoms with Crippen LogP contribution in [0.4, 0.5) is 0 Å². The van der Waals surface area contributed by atoms with Crippen molar-refractivity contribution in [2.45, 2.75) is 20.3 Å². The first-order chi connectivity index (χ1) is 6.77. The van der Waals surface area contributed by atoms with Crippen molar-refractivity contribution >= 4 is 0 Å². The Balaban J connectivity index is 2.62. The Kier molecular flexibility index (Phi) is 4.43. The first-order valence-corrected chi connectivity index (χ1v) is 4.64. The molecule has 0 saturated carbocycles. The van der Waals surface area contributed by atoms with Crippen molar-refractivity contribution in [2.24, 2.45) is 0 Å². The van der Waals surface area contributed by atoms with Gasteiger partial charge in [-0.3, -0.25) is 0 Å². The summed E-state index contributed by atoms with van der Waals surface area (Å²) in [5, 5.41) is 0. The van der Waals surface area contributed by atoms with Crippen LogP contribution in [0, 0.1) is 6.92 Å². The predicted molar refractivity (Wildman–Crippen MR) is 54.2 cm³/mol. The molecule has 0 amide bonds. The Bertz CT molecular complexity index is 273. The lowest BCUT2D eigenvalue weighted by Crippen LogP contribution is -2.22. The zero-order valence-electron chi connectivity index (χ0n) is 8.82. The average molecular weight is 196 g/mol. The average Bonchev–Trinajstić information content (AvgIpc) is 2.20. The zero-order chi connectivity index (χ0) is 10.4. The smallest absolute Gasteiger partial charge is 0.315 e. The quantitative estimate of drug-likeness (QED) is 0.676. The van der Waals surface area contributed by atoms with E-state index in [4.69, 9.17) is 14.2 Å². The summed E-state index contributed by atoms with van der Waals surface area (Å²) in [5.41, 5.74) is 1.06. The zero-order valence-corrected chi connectivity index (χ0v) is 8.82. The summed E-state index contributed by atoms with van der Waals surface area (Å²) in [6.45, 7) is 3.81. The molecule has 0 heterocycles. The summed E-state index contributed by atoms with van der Waals surface area (Å²) in [7, 11) is 1.55. The van der Waals surface area contributed by atoms with Gasteiger partial charge < -0.3 is 14.2 Å². The number of rotatable bonds is 5. The van der Waals surface area contributed by atoms with Crippen molar-refractivity contribution in [2.75, 3.05) is 13.7 Å². The van der Waals surface area contributed by atoms with Gasteiger partial charge in [0.1, 0.15) is 5.75 Å². The molecule has 0 aliphatic carbocycles. The van der Waals surface area contributed by atoms with Crippen molar-refractivity contribution in [3.63, 3.8) is 0 Å². The first kappa shape index (κ1) is 11.0. The maximum absolute atomic E-state index is 5.49. The van der Waals surface area contributed by atoms with E-state index in [0.29, 0.717) is 6.61 Å². The molecule has 0 N–H and O–H groups in total. The number of para-hydroxylation sites is 1. The van der Waals surface area contributed by atoms with Gasteiger partial charge in [-0.1, -0.05) is 18.2 Å². The van der Waals surface area contributed by atoms with E-state index in [0.717, 1.165) is 11.3 Å². The SMILES string of the molecule is CCOC(OC)Oc1ccccc1C. The molecular weight excluding hydrogens is 180 g/mol. The highest BCUT2D eigenvalue weighted by molar-refractivity contribution is 5.31. The van der Waals surface area contributed by atoms with Gasteiger partial charge in [-0.15, -0.1) is 0 Å². The van der Waals surface area contributed by atoms with Crippen LogP contribution < -0.4 is 4.74 Å². The predicted octanol–water partition coefficient (Wildman–Crippen LogP) is 2.34. The lowest BCUT2D eigenvalue weighted by atomic mass is 10.2. The van der Waals surface area contributed by atoms with Gasteiger partial charge in [0.15, 0.2) is 0 Å². The van der Waals surface area contributed by atoms with E-state index in [1.165, 1.54) is 0 Å². The minimum Gasteiger partial charge on any atom is -0.441 e. The Labute approximate surface area is 84.6 Å². The Morgan fingerprint density at radius 3 is 2.57 bits per heavy atom. The van der Waals surface area contributed by atoms with Crippen LogP contribution in [-0.4, -0.2) is 20.2 Å². The molecule has 1 unspecified atom stereocenters. The third-order valence-electron chi connectivity index (χ3n) is 1.81. The van der Waals surface area contributed by atoms with Gasteiger partial charge >= 0.3 is 6.48 Å². The molecule has 0 saturated heterocycles. The molecule has 78 valence electrons. The van der Waals surface area contributed by atoms with E-state index in [1.54, 1.807) is 7.11 Å². The van der Waals surface area contributed by atoms with Gasteiger partial charge in [0.05, 0.1) is 6.61 Å².